The Labute approximate surface area is 169 Å². The second-order valence-electron chi connectivity index (χ2n) is 6.95. The van der Waals surface area contributed by atoms with E-state index in [1.165, 1.54) is 6.42 Å². The summed E-state index contributed by atoms with van der Waals surface area (Å²) in [6, 6.07) is 12.9. The molecule has 2 aromatic carbocycles. The summed E-state index contributed by atoms with van der Waals surface area (Å²) in [6.45, 7) is 1.74. The molecule has 3 aromatic rings. The van der Waals surface area contributed by atoms with E-state index in [2.05, 4.69) is 15.2 Å². The molecule has 2 heterocycles. The Hall–Kier alpha value is -3.35. The van der Waals surface area contributed by atoms with Crippen molar-refractivity contribution < 1.29 is 14.3 Å². The molecule has 1 amide bonds. The van der Waals surface area contributed by atoms with Gasteiger partial charge in [-0.3, -0.25) is 4.79 Å². The SMILES string of the molecule is COc1ccc(OC)c(NC(=O)c2nc3ccccc3nc2N2CCCCC2)c1. The fraction of sp³-hybridized carbons (Fsp3) is 0.318. The van der Waals surface area contributed by atoms with E-state index in [4.69, 9.17) is 14.5 Å². The first kappa shape index (κ1) is 19.0. The van der Waals surface area contributed by atoms with Gasteiger partial charge in [-0.05, 0) is 43.5 Å². The third kappa shape index (κ3) is 3.94. The van der Waals surface area contributed by atoms with Crippen molar-refractivity contribution >= 4 is 28.4 Å². The van der Waals surface area contributed by atoms with Crippen LogP contribution in [-0.4, -0.2) is 43.2 Å². The number of fused-ring (bicyclic) bond motifs is 1. The number of nitrogens with one attached hydrogen (secondary N) is 1. The molecule has 4 rings (SSSR count). The van der Waals surface area contributed by atoms with Crippen molar-refractivity contribution in [3.05, 3.63) is 48.2 Å². The molecule has 29 heavy (non-hydrogen) atoms. The number of ether oxygens (including phenoxy) is 2. The Morgan fingerprint density at radius 3 is 2.38 bits per heavy atom. The third-order valence-corrected chi connectivity index (χ3v) is 5.08. The van der Waals surface area contributed by atoms with Gasteiger partial charge in [0.2, 0.25) is 0 Å². The molecule has 0 spiro atoms. The van der Waals surface area contributed by atoms with Gasteiger partial charge in [-0.15, -0.1) is 0 Å². The summed E-state index contributed by atoms with van der Waals surface area (Å²) in [5, 5.41) is 2.92. The van der Waals surface area contributed by atoms with Crippen LogP contribution in [0.2, 0.25) is 0 Å². The third-order valence-electron chi connectivity index (χ3n) is 5.08. The molecule has 0 saturated carbocycles. The van der Waals surface area contributed by atoms with Crippen LogP contribution in [0, 0.1) is 0 Å². The predicted molar refractivity (Wildman–Crippen MR) is 113 cm³/mol. The molecule has 1 fully saturated rings. The maximum absolute atomic E-state index is 13.3. The first-order valence-electron chi connectivity index (χ1n) is 9.74. The lowest BCUT2D eigenvalue weighted by Crippen LogP contribution is -2.33. The van der Waals surface area contributed by atoms with E-state index in [1.807, 2.05) is 24.3 Å². The molecule has 0 unspecified atom stereocenters. The first-order chi connectivity index (χ1) is 14.2. The zero-order valence-electron chi connectivity index (χ0n) is 16.6. The maximum atomic E-state index is 13.3. The summed E-state index contributed by atoms with van der Waals surface area (Å²) in [7, 11) is 3.14. The molecular formula is C22H24N4O3. The zero-order valence-corrected chi connectivity index (χ0v) is 16.6. The minimum absolute atomic E-state index is 0.315. The number of carbonyl (C=O) groups excluding carboxylic acids is 1. The number of piperidine rings is 1. The fourth-order valence-electron chi connectivity index (χ4n) is 3.56. The van der Waals surface area contributed by atoms with Gasteiger partial charge in [0.25, 0.3) is 5.91 Å². The van der Waals surface area contributed by atoms with Crippen molar-refractivity contribution in [2.75, 3.05) is 37.5 Å². The Kier molecular flexibility index (Phi) is 5.46. The van der Waals surface area contributed by atoms with Gasteiger partial charge in [-0.25, -0.2) is 9.97 Å². The van der Waals surface area contributed by atoms with E-state index >= 15 is 0 Å². The van der Waals surface area contributed by atoms with E-state index in [0.29, 0.717) is 34.2 Å². The molecule has 7 heteroatoms. The van der Waals surface area contributed by atoms with Crippen LogP contribution in [0.15, 0.2) is 42.5 Å². The Morgan fingerprint density at radius 1 is 0.966 bits per heavy atom. The quantitative estimate of drug-likeness (QED) is 0.710. The average molecular weight is 392 g/mol. The van der Waals surface area contributed by atoms with Crippen LogP contribution in [0.5, 0.6) is 11.5 Å². The van der Waals surface area contributed by atoms with E-state index in [-0.39, 0.29) is 5.91 Å². The molecule has 1 N–H and O–H groups in total. The summed E-state index contributed by atoms with van der Waals surface area (Å²) in [4.78, 5) is 24.8. The van der Waals surface area contributed by atoms with Gasteiger partial charge < -0.3 is 19.7 Å². The number of carbonyl (C=O) groups is 1. The molecule has 150 valence electrons. The number of benzene rings is 2. The van der Waals surface area contributed by atoms with Crippen LogP contribution >= 0.6 is 0 Å². The number of anilines is 2. The summed E-state index contributed by atoms with van der Waals surface area (Å²) in [5.41, 5.74) is 2.31. The van der Waals surface area contributed by atoms with E-state index < -0.39 is 0 Å². The summed E-state index contributed by atoms with van der Waals surface area (Å²) in [6.07, 6.45) is 3.36. The molecule has 0 atom stereocenters. The molecule has 0 aliphatic carbocycles. The van der Waals surface area contributed by atoms with Gasteiger partial charge in [0, 0.05) is 19.2 Å². The van der Waals surface area contributed by atoms with Crippen LogP contribution in [0.4, 0.5) is 11.5 Å². The molecule has 0 bridgehead atoms. The lowest BCUT2D eigenvalue weighted by molar-refractivity contribution is 0.102. The monoisotopic (exact) mass is 392 g/mol. The number of para-hydroxylation sites is 2. The molecule has 0 radical (unpaired) electrons. The van der Waals surface area contributed by atoms with Crippen LogP contribution in [0.3, 0.4) is 0 Å². The number of methoxy groups -OCH3 is 2. The van der Waals surface area contributed by atoms with Crippen LogP contribution in [0.1, 0.15) is 29.8 Å². The van der Waals surface area contributed by atoms with Crippen molar-refractivity contribution in [2.24, 2.45) is 0 Å². The Morgan fingerprint density at radius 2 is 1.69 bits per heavy atom. The zero-order chi connectivity index (χ0) is 20.2. The number of nitrogens with zero attached hydrogens (tertiary/aromatic N) is 3. The molecule has 1 aliphatic heterocycles. The second-order valence-corrected chi connectivity index (χ2v) is 6.95. The van der Waals surface area contributed by atoms with Gasteiger partial charge in [-0.1, -0.05) is 12.1 Å². The summed E-state index contributed by atoms with van der Waals surface area (Å²) >= 11 is 0. The van der Waals surface area contributed by atoms with E-state index in [1.54, 1.807) is 32.4 Å². The van der Waals surface area contributed by atoms with Gasteiger partial charge >= 0.3 is 0 Å². The minimum atomic E-state index is -0.324. The highest BCUT2D eigenvalue weighted by molar-refractivity contribution is 6.08. The topological polar surface area (TPSA) is 76.6 Å². The summed E-state index contributed by atoms with van der Waals surface area (Å²) < 4.78 is 10.7. The number of aromatic nitrogens is 2. The highest BCUT2D eigenvalue weighted by Crippen LogP contribution is 2.30. The lowest BCUT2D eigenvalue weighted by atomic mass is 10.1. The van der Waals surface area contributed by atoms with Crippen molar-refractivity contribution in [3.63, 3.8) is 0 Å². The molecule has 1 aromatic heterocycles. The van der Waals surface area contributed by atoms with Crippen LogP contribution < -0.4 is 19.7 Å². The van der Waals surface area contributed by atoms with Crippen LogP contribution in [0.25, 0.3) is 11.0 Å². The van der Waals surface area contributed by atoms with Gasteiger partial charge in [-0.2, -0.15) is 0 Å². The average Bonchev–Trinajstić information content (AvgIpc) is 2.78. The first-order valence-corrected chi connectivity index (χ1v) is 9.74. The van der Waals surface area contributed by atoms with Gasteiger partial charge in [0.05, 0.1) is 30.9 Å². The molecule has 1 aliphatic rings. The number of amides is 1. The standard InChI is InChI=1S/C22H24N4O3/c1-28-15-10-11-19(29-2)18(14-15)25-22(27)20-21(26-12-6-3-7-13-26)24-17-9-5-4-8-16(17)23-20/h4-5,8-11,14H,3,6-7,12-13H2,1-2H3,(H,25,27). The molecular weight excluding hydrogens is 368 g/mol. The number of rotatable bonds is 5. The van der Waals surface area contributed by atoms with Crippen molar-refractivity contribution in [2.45, 2.75) is 19.3 Å². The normalized spacial score (nSPS) is 13.9. The predicted octanol–water partition coefficient (Wildman–Crippen LogP) is 3.89. The van der Waals surface area contributed by atoms with Crippen LogP contribution in [-0.2, 0) is 0 Å². The highest BCUT2D eigenvalue weighted by atomic mass is 16.5. The maximum Gasteiger partial charge on any atom is 0.278 e. The molecule has 1 saturated heterocycles. The highest BCUT2D eigenvalue weighted by Gasteiger charge is 2.23. The van der Waals surface area contributed by atoms with Crippen molar-refractivity contribution in [3.8, 4) is 11.5 Å². The van der Waals surface area contributed by atoms with Crippen molar-refractivity contribution in [1.29, 1.82) is 0 Å². The van der Waals surface area contributed by atoms with Gasteiger partial charge in [0.1, 0.15) is 11.5 Å². The lowest BCUT2D eigenvalue weighted by Gasteiger charge is -2.29. The fourth-order valence-corrected chi connectivity index (χ4v) is 3.56. The Bertz CT molecular complexity index is 1030. The number of hydrogen-bond acceptors (Lipinski definition) is 6. The Balaban J connectivity index is 1.74. The number of hydrogen-bond donors (Lipinski definition) is 1. The smallest absolute Gasteiger partial charge is 0.278 e. The second kappa shape index (κ2) is 8.34. The van der Waals surface area contributed by atoms with E-state index in [0.717, 1.165) is 31.4 Å². The largest absolute Gasteiger partial charge is 0.497 e. The van der Waals surface area contributed by atoms with Crippen molar-refractivity contribution in [1.82, 2.24) is 9.97 Å². The molecule has 7 nitrogen and oxygen atoms in total. The van der Waals surface area contributed by atoms with E-state index in [9.17, 15) is 4.79 Å². The minimum Gasteiger partial charge on any atom is -0.497 e. The summed E-state index contributed by atoms with van der Waals surface area (Å²) in [5.74, 6) is 1.48. The van der Waals surface area contributed by atoms with Gasteiger partial charge in [0.15, 0.2) is 11.5 Å².